The van der Waals surface area contributed by atoms with Gasteiger partial charge in [-0.25, -0.2) is 0 Å². The Balaban J connectivity index is 1.70. The highest BCUT2D eigenvalue weighted by atomic mass is 16.6. The Hall–Kier alpha value is -3.02. The van der Waals surface area contributed by atoms with Crippen molar-refractivity contribution in [2.45, 2.75) is 52.0 Å². The highest BCUT2D eigenvalue weighted by Crippen LogP contribution is 2.28. The van der Waals surface area contributed by atoms with Crippen LogP contribution in [0, 0.1) is 0 Å². The van der Waals surface area contributed by atoms with Gasteiger partial charge in [0, 0.05) is 11.6 Å². The van der Waals surface area contributed by atoms with E-state index in [0.29, 0.717) is 30.2 Å². The lowest BCUT2D eigenvalue weighted by molar-refractivity contribution is -0.115. The molecule has 0 saturated carbocycles. The van der Waals surface area contributed by atoms with Gasteiger partial charge in [0.25, 0.3) is 5.91 Å². The molecule has 1 aliphatic rings. The monoisotopic (exact) mass is 424 g/mol. The van der Waals surface area contributed by atoms with E-state index in [-0.39, 0.29) is 11.9 Å². The number of oxime groups is 1. The van der Waals surface area contributed by atoms with Crippen LogP contribution in [0.5, 0.6) is 11.5 Å². The largest absolute Gasteiger partial charge is 0.493 e. The molecule has 0 aromatic heterocycles. The number of aryl methyl sites for hydroxylation is 2. The first kappa shape index (κ1) is 22.7. The zero-order chi connectivity index (χ0) is 22.2. The average molecular weight is 425 g/mol. The molecule has 1 atom stereocenters. The maximum atomic E-state index is 13.0. The Labute approximate surface area is 184 Å². The van der Waals surface area contributed by atoms with Gasteiger partial charge in [-0.2, -0.15) is 0 Å². The van der Waals surface area contributed by atoms with Crippen molar-refractivity contribution in [1.82, 2.24) is 5.32 Å². The Morgan fingerprint density at radius 1 is 1.06 bits per heavy atom. The number of benzene rings is 2. The quantitative estimate of drug-likeness (QED) is 0.487. The van der Waals surface area contributed by atoms with Crippen LogP contribution >= 0.6 is 0 Å². The van der Waals surface area contributed by atoms with Crippen molar-refractivity contribution in [3.05, 3.63) is 58.7 Å². The molecule has 0 aliphatic heterocycles. The SMILES string of the molecule is CCOc1ccc(CC(C)NC(=O)/C(=N\OC)c2ccc3c(c2)CCCC3)cc1OC. The Kier molecular flexibility index (Phi) is 7.93. The van der Waals surface area contributed by atoms with Crippen molar-refractivity contribution in [2.24, 2.45) is 5.16 Å². The molecule has 166 valence electrons. The number of hydrogen-bond donors (Lipinski definition) is 1. The fraction of sp³-hybridized carbons (Fsp3) is 0.440. The third kappa shape index (κ3) is 5.78. The number of methoxy groups -OCH3 is 1. The predicted octanol–water partition coefficient (Wildman–Crippen LogP) is 4.07. The summed E-state index contributed by atoms with van der Waals surface area (Å²) >= 11 is 0. The number of fused-ring (bicyclic) bond motifs is 1. The number of amides is 1. The summed E-state index contributed by atoms with van der Waals surface area (Å²) in [4.78, 5) is 18.0. The molecule has 2 aromatic carbocycles. The first-order valence-corrected chi connectivity index (χ1v) is 10.9. The van der Waals surface area contributed by atoms with Crippen LogP contribution in [0.4, 0.5) is 0 Å². The summed E-state index contributed by atoms with van der Waals surface area (Å²) in [6.07, 6.45) is 5.20. The van der Waals surface area contributed by atoms with Crippen LogP contribution in [-0.2, 0) is 28.9 Å². The summed E-state index contributed by atoms with van der Waals surface area (Å²) in [5, 5.41) is 7.08. The minimum atomic E-state index is -0.247. The molecule has 0 spiro atoms. The molecule has 0 saturated heterocycles. The zero-order valence-electron chi connectivity index (χ0n) is 18.9. The highest BCUT2D eigenvalue weighted by molar-refractivity contribution is 6.45. The van der Waals surface area contributed by atoms with E-state index in [2.05, 4.69) is 22.6 Å². The van der Waals surface area contributed by atoms with Gasteiger partial charge in [0.1, 0.15) is 7.11 Å². The normalized spacial score (nSPS) is 14.4. The summed E-state index contributed by atoms with van der Waals surface area (Å²) in [5.74, 6) is 1.16. The standard InChI is InChI=1S/C25H32N2O4/c1-5-31-22-13-10-18(15-23(22)29-3)14-17(2)26-25(28)24(27-30-4)21-12-11-19-8-6-7-9-20(19)16-21/h10-13,15-17H,5-9,14H2,1-4H3,(H,26,28)/b27-24-. The topological polar surface area (TPSA) is 69.2 Å². The van der Waals surface area contributed by atoms with Gasteiger partial charge in [0.05, 0.1) is 13.7 Å². The van der Waals surface area contributed by atoms with E-state index in [4.69, 9.17) is 14.3 Å². The van der Waals surface area contributed by atoms with Crippen LogP contribution in [0.3, 0.4) is 0 Å². The summed E-state index contributed by atoms with van der Waals surface area (Å²) in [6.45, 7) is 4.48. The first-order chi connectivity index (χ1) is 15.0. The first-order valence-electron chi connectivity index (χ1n) is 10.9. The van der Waals surface area contributed by atoms with Crippen molar-refractivity contribution in [2.75, 3.05) is 20.8 Å². The minimum Gasteiger partial charge on any atom is -0.493 e. The average Bonchev–Trinajstić information content (AvgIpc) is 2.78. The summed E-state index contributed by atoms with van der Waals surface area (Å²) in [7, 11) is 3.08. The molecule has 0 fully saturated rings. The summed E-state index contributed by atoms with van der Waals surface area (Å²) in [5.41, 5.74) is 4.80. The molecular formula is C25H32N2O4. The van der Waals surface area contributed by atoms with Gasteiger partial charge < -0.3 is 19.6 Å². The van der Waals surface area contributed by atoms with Gasteiger partial charge in [-0.15, -0.1) is 0 Å². The predicted molar refractivity (Wildman–Crippen MR) is 122 cm³/mol. The molecule has 3 rings (SSSR count). The van der Waals surface area contributed by atoms with Crippen molar-refractivity contribution in [3.8, 4) is 11.5 Å². The van der Waals surface area contributed by atoms with E-state index in [0.717, 1.165) is 24.0 Å². The third-order valence-electron chi connectivity index (χ3n) is 5.47. The van der Waals surface area contributed by atoms with Crippen LogP contribution in [0.1, 0.15) is 48.9 Å². The van der Waals surface area contributed by atoms with Gasteiger partial charge >= 0.3 is 0 Å². The van der Waals surface area contributed by atoms with Gasteiger partial charge in [-0.05, 0) is 80.8 Å². The molecule has 6 nitrogen and oxygen atoms in total. The molecule has 0 heterocycles. The molecule has 2 aromatic rings. The maximum absolute atomic E-state index is 13.0. The van der Waals surface area contributed by atoms with Crippen molar-refractivity contribution in [3.63, 3.8) is 0 Å². The Morgan fingerprint density at radius 3 is 2.55 bits per heavy atom. The van der Waals surface area contributed by atoms with E-state index >= 15 is 0 Å². The zero-order valence-corrected chi connectivity index (χ0v) is 18.9. The number of hydrogen-bond acceptors (Lipinski definition) is 5. The molecule has 0 radical (unpaired) electrons. The van der Waals surface area contributed by atoms with E-state index in [1.807, 2.05) is 38.1 Å². The van der Waals surface area contributed by atoms with E-state index in [1.165, 1.54) is 31.1 Å². The van der Waals surface area contributed by atoms with Gasteiger partial charge in [0.2, 0.25) is 0 Å². The number of carbonyl (C=O) groups excluding carboxylic acids is 1. The van der Waals surface area contributed by atoms with Crippen LogP contribution in [0.15, 0.2) is 41.6 Å². The van der Waals surface area contributed by atoms with Crippen molar-refractivity contribution < 1.29 is 19.1 Å². The fourth-order valence-corrected chi connectivity index (χ4v) is 4.01. The number of ether oxygens (including phenoxy) is 2. The molecule has 6 heteroatoms. The van der Waals surface area contributed by atoms with Crippen molar-refractivity contribution >= 4 is 11.6 Å². The summed E-state index contributed by atoms with van der Waals surface area (Å²) in [6, 6.07) is 11.9. The molecule has 1 unspecified atom stereocenters. The number of rotatable bonds is 9. The van der Waals surface area contributed by atoms with E-state index in [9.17, 15) is 4.79 Å². The number of nitrogens with zero attached hydrogens (tertiary/aromatic N) is 1. The molecule has 0 bridgehead atoms. The fourth-order valence-electron chi connectivity index (χ4n) is 4.01. The lowest BCUT2D eigenvalue weighted by atomic mass is 9.89. The second-order valence-electron chi connectivity index (χ2n) is 7.81. The second kappa shape index (κ2) is 10.8. The van der Waals surface area contributed by atoms with E-state index in [1.54, 1.807) is 7.11 Å². The lowest BCUT2D eigenvalue weighted by Crippen LogP contribution is -2.39. The van der Waals surface area contributed by atoms with Crippen molar-refractivity contribution in [1.29, 1.82) is 0 Å². The third-order valence-corrected chi connectivity index (χ3v) is 5.47. The van der Waals surface area contributed by atoms with Crippen LogP contribution in [0.2, 0.25) is 0 Å². The van der Waals surface area contributed by atoms with Gasteiger partial charge in [0.15, 0.2) is 17.2 Å². The number of carbonyl (C=O) groups is 1. The Bertz CT molecular complexity index is 939. The van der Waals surface area contributed by atoms with Crippen LogP contribution < -0.4 is 14.8 Å². The van der Waals surface area contributed by atoms with Gasteiger partial charge in [-0.3, -0.25) is 4.79 Å². The van der Waals surface area contributed by atoms with Gasteiger partial charge in [-0.1, -0.05) is 23.4 Å². The second-order valence-corrected chi connectivity index (χ2v) is 7.81. The highest BCUT2D eigenvalue weighted by Gasteiger charge is 2.20. The number of nitrogens with one attached hydrogen (secondary N) is 1. The lowest BCUT2D eigenvalue weighted by Gasteiger charge is -2.18. The maximum Gasteiger partial charge on any atom is 0.274 e. The minimum absolute atomic E-state index is 0.102. The molecule has 1 amide bonds. The smallest absolute Gasteiger partial charge is 0.274 e. The van der Waals surface area contributed by atoms with E-state index < -0.39 is 0 Å². The molecule has 1 N–H and O–H groups in total. The summed E-state index contributed by atoms with van der Waals surface area (Å²) < 4.78 is 11.0. The van der Waals surface area contributed by atoms with Crippen LogP contribution in [-0.4, -0.2) is 38.5 Å². The molecule has 1 aliphatic carbocycles. The Morgan fingerprint density at radius 2 is 1.84 bits per heavy atom. The molecule has 31 heavy (non-hydrogen) atoms. The van der Waals surface area contributed by atoms with Crippen LogP contribution in [0.25, 0.3) is 0 Å². The molecular weight excluding hydrogens is 392 g/mol.